The van der Waals surface area contributed by atoms with Gasteiger partial charge < -0.3 is 70.6 Å². The molecule has 2 fully saturated rings. The number of Topliss-reactive ketones (excluding diaryl/α,β-unsaturated/α-hetero) is 1. The Morgan fingerprint density at radius 1 is 0.671 bits per heavy atom. The van der Waals surface area contributed by atoms with Crippen molar-refractivity contribution >= 4 is 59.3 Å². The minimum absolute atomic E-state index is 0.0146. The van der Waals surface area contributed by atoms with Crippen LogP contribution in [-0.4, -0.2) is 217 Å². The lowest BCUT2D eigenvalue weighted by Crippen LogP contribution is -2.67. The quantitative estimate of drug-likeness (QED) is 0.0159. The second kappa shape index (κ2) is 31.7. The molecule has 2 aromatic heterocycles. The molecular weight excluding hydrogens is 1150 g/mol. The molecule has 12 atom stereocenters. The highest BCUT2D eigenvalue weighted by atomic mass is 32.2. The number of carbonyl (C=O) groups excluding carboxylic acids is 5. The van der Waals surface area contributed by atoms with Crippen molar-refractivity contribution < 1.29 is 83.5 Å². The number of nitrogens with zero attached hydrogens (tertiary/aromatic N) is 6. The van der Waals surface area contributed by atoms with Gasteiger partial charge in [0.05, 0.1) is 63.0 Å². The maximum Gasteiger partial charge on any atom is 0.364 e. The summed E-state index contributed by atoms with van der Waals surface area (Å²) < 4.78 is 26.2. The summed E-state index contributed by atoms with van der Waals surface area (Å²) in [7, 11) is 0. The molecule has 26 nitrogen and oxygen atoms in total. The van der Waals surface area contributed by atoms with Crippen molar-refractivity contribution in [2.24, 2.45) is 0 Å². The largest absolute Gasteiger partial charge is 0.477 e. The Morgan fingerprint density at radius 2 is 1.15 bits per heavy atom. The van der Waals surface area contributed by atoms with E-state index in [-0.39, 0.29) is 50.8 Å². The molecule has 4 heterocycles. The molecule has 28 heteroatoms. The van der Waals surface area contributed by atoms with E-state index < -0.39 is 96.7 Å². The SMILES string of the molecule is CC(=O)N[C@H]1[C@H]([C@H](O)[C@H](O)Cn2cc(-c3ccccc3)nn2)O[C@](C=O)(OCCCSCCNC(=O)c2ccc(C(=O)CCCSCCCO[C@]3(C(=O)O)C[C@H](O)[C@@H](NC(C)=O)[C@H]([C@H](O)[C@H](O)Cn4cc(-c5ccccc5)nn4)O3)cc2)C[C@@H]1O. The van der Waals surface area contributed by atoms with Crippen LogP contribution in [0.25, 0.3) is 22.5 Å². The Morgan fingerprint density at radius 3 is 1.67 bits per heavy atom. The third kappa shape index (κ3) is 18.5. The van der Waals surface area contributed by atoms with E-state index in [0.29, 0.717) is 77.6 Å². The van der Waals surface area contributed by atoms with Gasteiger partial charge in [-0.2, -0.15) is 23.5 Å². The number of hydrogen-bond donors (Lipinski definition) is 10. The van der Waals surface area contributed by atoms with E-state index in [4.69, 9.17) is 18.9 Å². The Labute approximate surface area is 498 Å². The Bertz CT molecular complexity index is 2970. The number of carboxylic acids is 1. The predicted octanol–water partition coefficient (Wildman–Crippen LogP) is 1.01. The summed E-state index contributed by atoms with van der Waals surface area (Å²) in [5.41, 5.74) is 3.41. The number of rotatable bonds is 33. The van der Waals surface area contributed by atoms with Crippen LogP contribution in [0.4, 0.5) is 0 Å². The number of carbonyl (C=O) groups is 6. The normalized spacial score (nSPS) is 23.7. The van der Waals surface area contributed by atoms with Crippen LogP contribution in [0, 0.1) is 0 Å². The monoisotopic (exact) mass is 1220 g/mol. The van der Waals surface area contributed by atoms with Gasteiger partial charge in [0, 0.05) is 67.7 Å². The van der Waals surface area contributed by atoms with E-state index >= 15 is 0 Å². The molecule has 0 saturated carbocycles. The van der Waals surface area contributed by atoms with Gasteiger partial charge in [-0.25, -0.2) is 14.2 Å². The highest BCUT2D eigenvalue weighted by Gasteiger charge is 2.56. The topological polar surface area (TPSA) is 378 Å². The lowest BCUT2D eigenvalue weighted by Gasteiger charge is -2.46. The standard InChI is InChI=1S/C57H73N9O17S2/c1-35(68)59-48-44(71)28-56(34-67,82-52(48)50(75)46(73)32-65-30-41(61-63-65)37-12-5-3-6-13-37)80-22-10-26-85-27-21-58-54(77)40-19-17-39(18-20-40)43(70)16-9-24-84-25-11-23-81-57(55(78)79)29-45(72)49(60-36(2)69)53(83-57)51(76)47(74)33-66-31-42(62-64-66)38-14-7-4-8-15-38/h3-8,12-15,17-20,30-31,34,44-53,71-76H,9-11,16,21-29,32-33H2,1-2H3,(H,58,77)(H,59,68)(H,60,69)(H,78,79)/t44-,45-,46+,47+,48+,49+,50+,51+,52+,53+,56+,57+/m0/s1. The van der Waals surface area contributed by atoms with Crippen LogP contribution in [0.1, 0.15) is 73.1 Å². The number of hydrogen-bond acceptors (Lipinski definition) is 22. The zero-order valence-electron chi connectivity index (χ0n) is 46.9. The number of carboxylic acid groups (broad SMARTS) is 1. The van der Waals surface area contributed by atoms with E-state index in [1.807, 2.05) is 60.7 Å². The summed E-state index contributed by atoms with van der Waals surface area (Å²) in [4.78, 5) is 75.3. The lowest BCUT2D eigenvalue weighted by atomic mass is 9.88. The number of aldehydes is 1. The Hall–Kier alpha value is -6.54. The first-order chi connectivity index (χ1) is 40.8. The summed E-state index contributed by atoms with van der Waals surface area (Å²) in [6, 6.07) is 22.2. The van der Waals surface area contributed by atoms with Gasteiger partial charge in [0.15, 0.2) is 12.1 Å². The fraction of sp³-hybridized carbons (Fsp3) is 0.509. The molecule has 85 heavy (non-hydrogen) atoms. The van der Waals surface area contributed by atoms with Gasteiger partial charge in [-0.15, -0.1) is 10.2 Å². The Balaban J connectivity index is 0.770. The van der Waals surface area contributed by atoms with Crippen molar-refractivity contribution in [2.45, 2.75) is 138 Å². The molecule has 0 bridgehead atoms. The minimum atomic E-state index is -2.42. The molecule has 3 amide bonds. The van der Waals surface area contributed by atoms with Crippen molar-refractivity contribution in [3.8, 4) is 22.5 Å². The molecule has 5 aromatic rings. The molecule has 0 aliphatic carbocycles. The zero-order chi connectivity index (χ0) is 61.1. The molecule has 0 spiro atoms. The van der Waals surface area contributed by atoms with Gasteiger partial charge in [-0.3, -0.25) is 24.0 Å². The van der Waals surface area contributed by atoms with Crippen LogP contribution in [0.15, 0.2) is 97.3 Å². The molecule has 0 radical (unpaired) electrons. The number of thioether (sulfide) groups is 2. The summed E-state index contributed by atoms with van der Waals surface area (Å²) in [6.45, 7) is 2.11. The van der Waals surface area contributed by atoms with Crippen LogP contribution in [0.5, 0.6) is 0 Å². The number of amides is 3. The first-order valence-corrected chi connectivity index (χ1v) is 30.1. The number of nitrogens with one attached hydrogen (secondary N) is 3. The van der Waals surface area contributed by atoms with Crippen molar-refractivity contribution in [1.82, 2.24) is 45.9 Å². The molecule has 7 rings (SSSR count). The number of ketones is 1. The average molecular weight is 1220 g/mol. The summed E-state index contributed by atoms with van der Waals surface area (Å²) in [6.07, 6.45) is -8.55. The van der Waals surface area contributed by atoms with Gasteiger partial charge in [-0.1, -0.05) is 83.2 Å². The van der Waals surface area contributed by atoms with Crippen LogP contribution in [0.2, 0.25) is 0 Å². The van der Waals surface area contributed by atoms with E-state index in [9.17, 15) is 64.5 Å². The first-order valence-electron chi connectivity index (χ1n) is 27.7. The second-order valence-electron chi connectivity index (χ2n) is 20.6. The number of aliphatic hydroxyl groups is 6. The molecule has 460 valence electrons. The highest BCUT2D eigenvalue weighted by molar-refractivity contribution is 7.99. The summed E-state index contributed by atoms with van der Waals surface area (Å²) >= 11 is 3.02. The van der Waals surface area contributed by atoms with E-state index in [2.05, 4.69) is 36.6 Å². The van der Waals surface area contributed by atoms with Gasteiger partial charge in [0.25, 0.3) is 11.7 Å². The number of ether oxygens (including phenoxy) is 4. The lowest BCUT2D eigenvalue weighted by molar-refractivity contribution is -0.310. The van der Waals surface area contributed by atoms with E-state index in [1.165, 1.54) is 46.7 Å². The number of aliphatic carboxylic acids is 1. The van der Waals surface area contributed by atoms with Crippen molar-refractivity contribution in [3.05, 3.63) is 108 Å². The third-order valence-corrected chi connectivity index (χ3v) is 16.3. The fourth-order valence-electron chi connectivity index (χ4n) is 9.77. The molecule has 2 aliphatic rings. The number of aromatic nitrogens is 6. The van der Waals surface area contributed by atoms with Crippen LogP contribution >= 0.6 is 23.5 Å². The maximum atomic E-state index is 13.0. The molecule has 10 N–H and O–H groups in total. The van der Waals surface area contributed by atoms with Crippen molar-refractivity contribution in [1.29, 1.82) is 0 Å². The van der Waals surface area contributed by atoms with Crippen LogP contribution in [-0.2, 0) is 51.2 Å². The van der Waals surface area contributed by atoms with Crippen LogP contribution in [0.3, 0.4) is 0 Å². The molecule has 0 unspecified atom stereocenters. The highest BCUT2D eigenvalue weighted by Crippen LogP contribution is 2.35. The van der Waals surface area contributed by atoms with Crippen LogP contribution < -0.4 is 16.0 Å². The van der Waals surface area contributed by atoms with E-state index in [0.717, 1.165) is 11.1 Å². The average Bonchev–Trinajstić information content (AvgIpc) is 3.90. The van der Waals surface area contributed by atoms with Gasteiger partial charge >= 0.3 is 5.97 Å². The predicted molar refractivity (Wildman–Crippen MR) is 308 cm³/mol. The number of aliphatic hydroxyl groups excluding tert-OH is 6. The smallest absolute Gasteiger partial charge is 0.364 e. The molecule has 2 saturated heterocycles. The van der Waals surface area contributed by atoms with Gasteiger partial charge in [0.1, 0.15) is 48.0 Å². The molecule has 2 aliphatic heterocycles. The van der Waals surface area contributed by atoms with Crippen molar-refractivity contribution in [3.63, 3.8) is 0 Å². The summed E-state index contributed by atoms with van der Waals surface area (Å²) in [5.74, 6) is -5.34. The zero-order valence-corrected chi connectivity index (χ0v) is 48.5. The number of benzene rings is 3. The summed E-state index contributed by atoms with van der Waals surface area (Å²) in [5, 5.41) is 102. The third-order valence-electron chi connectivity index (χ3n) is 14.1. The van der Waals surface area contributed by atoms with Crippen molar-refractivity contribution in [2.75, 3.05) is 42.8 Å². The molecular formula is C57H73N9O17S2. The molecule has 3 aromatic carbocycles. The van der Waals surface area contributed by atoms with E-state index in [1.54, 1.807) is 36.7 Å². The maximum absolute atomic E-state index is 13.0. The van der Waals surface area contributed by atoms with Gasteiger partial charge in [0.2, 0.25) is 17.6 Å². The fourth-order valence-corrected chi connectivity index (χ4v) is 11.4. The Kier molecular flexibility index (Phi) is 24.6. The van der Waals surface area contributed by atoms with Gasteiger partial charge in [-0.05, 0) is 48.7 Å². The first kappa shape index (κ1) is 66.0. The minimum Gasteiger partial charge on any atom is -0.477 e. The second-order valence-corrected chi connectivity index (χ2v) is 23.1.